The van der Waals surface area contributed by atoms with E-state index in [1.807, 2.05) is 6.07 Å². The number of nitrogens with zero attached hydrogens (tertiary/aromatic N) is 7. The Morgan fingerprint density at radius 1 is 1.19 bits per heavy atom. The lowest BCUT2D eigenvalue weighted by Gasteiger charge is -2.12. The maximum absolute atomic E-state index is 12.7. The van der Waals surface area contributed by atoms with E-state index in [4.69, 9.17) is 4.74 Å². The van der Waals surface area contributed by atoms with Gasteiger partial charge in [0.15, 0.2) is 5.82 Å². The molecule has 0 fully saturated rings. The van der Waals surface area contributed by atoms with Gasteiger partial charge in [0.25, 0.3) is 11.9 Å². The summed E-state index contributed by atoms with van der Waals surface area (Å²) in [5.41, 5.74) is 0.379. The predicted octanol–water partition coefficient (Wildman–Crippen LogP) is 1.81. The number of hydrogen-bond acceptors (Lipinski definition) is 10. The summed E-state index contributed by atoms with van der Waals surface area (Å²) in [4.78, 5) is 33.0. The molecule has 1 unspecified atom stereocenters. The maximum Gasteiger partial charge on any atom is 0.342 e. The van der Waals surface area contributed by atoms with Gasteiger partial charge in [-0.3, -0.25) is 4.79 Å². The van der Waals surface area contributed by atoms with Gasteiger partial charge in [0.05, 0.1) is 26.1 Å². The van der Waals surface area contributed by atoms with Crippen molar-refractivity contribution in [3.05, 3.63) is 54.5 Å². The van der Waals surface area contributed by atoms with E-state index in [1.165, 1.54) is 25.7 Å². The quantitative estimate of drug-likeness (QED) is 0.344. The molecule has 12 nitrogen and oxygen atoms in total. The third-order valence-corrected chi connectivity index (χ3v) is 3.91. The lowest BCUT2D eigenvalue weighted by Crippen LogP contribution is -2.34. The van der Waals surface area contributed by atoms with Crippen molar-refractivity contribution in [1.82, 2.24) is 19.7 Å². The van der Waals surface area contributed by atoms with Gasteiger partial charge in [0.1, 0.15) is 17.4 Å². The van der Waals surface area contributed by atoms with Gasteiger partial charge in [0, 0.05) is 12.4 Å². The van der Waals surface area contributed by atoms with Crippen LogP contribution in [-0.2, 0) is 14.3 Å². The Kier molecular flexibility index (Phi) is 6.59. The Bertz CT molecular complexity index is 1150. The van der Waals surface area contributed by atoms with Gasteiger partial charge in [-0.05, 0) is 18.2 Å². The summed E-state index contributed by atoms with van der Waals surface area (Å²) in [6, 6.07) is 8.51. The van der Waals surface area contributed by atoms with Crippen LogP contribution in [-0.4, -0.2) is 51.9 Å². The number of amides is 1. The summed E-state index contributed by atoms with van der Waals surface area (Å²) in [6.07, 6.45) is 4.20. The van der Waals surface area contributed by atoms with Crippen molar-refractivity contribution in [3.8, 4) is 17.8 Å². The van der Waals surface area contributed by atoms with Gasteiger partial charge in [-0.15, -0.1) is 5.11 Å². The molecular weight excluding hydrogens is 404 g/mol. The van der Waals surface area contributed by atoms with Crippen LogP contribution in [0.3, 0.4) is 0 Å². The number of carbonyl (C=O) groups excluding carboxylic acids is 2. The summed E-state index contributed by atoms with van der Waals surface area (Å²) in [6.45, 7) is 0. The number of nitriles is 1. The van der Waals surface area contributed by atoms with Crippen LogP contribution in [0, 0.1) is 11.3 Å². The van der Waals surface area contributed by atoms with Gasteiger partial charge in [-0.25, -0.2) is 14.8 Å². The number of benzene rings is 1. The summed E-state index contributed by atoms with van der Waals surface area (Å²) in [5, 5.41) is 23.6. The molecule has 1 N–H and O–H groups in total. The first kappa shape index (κ1) is 21.1. The van der Waals surface area contributed by atoms with E-state index in [0.29, 0.717) is 11.4 Å². The number of hydrogen-bond donors (Lipinski definition) is 1. The fourth-order valence-corrected chi connectivity index (χ4v) is 2.44. The maximum atomic E-state index is 12.7. The smallest absolute Gasteiger partial charge is 0.342 e. The van der Waals surface area contributed by atoms with Crippen molar-refractivity contribution in [2.45, 2.75) is 6.04 Å². The average molecular weight is 420 g/mol. The number of azo groups is 1. The molecule has 2 heterocycles. The minimum absolute atomic E-state index is 0.0463. The second-order valence-corrected chi connectivity index (χ2v) is 5.78. The van der Waals surface area contributed by atoms with Crippen molar-refractivity contribution in [2.24, 2.45) is 10.2 Å². The third-order valence-electron chi connectivity index (χ3n) is 3.91. The Morgan fingerprint density at radius 2 is 1.94 bits per heavy atom. The van der Waals surface area contributed by atoms with Crippen molar-refractivity contribution in [2.75, 3.05) is 19.5 Å². The molecule has 31 heavy (non-hydrogen) atoms. The van der Waals surface area contributed by atoms with Crippen LogP contribution in [0.25, 0.3) is 5.95 Å². The Hall–Kier alpha value is -4.66. The molecule has 12 heteroatoms. The number of nitrogens with one attached hydrogen (secondary N) is 1. The Morgan fingerprint density at radius 3 is 2.61 bits per heavy atom. The van der Waals surface area contributed by atoms with E-state index in [-0.39, 0.29) is 17.3 Å². The third kappa shape index (κ3) is 4.67. The molecule has 0 aliphatic carbocycles. The fraction of sp³-hybridized carbons (Fsp3) is 0.158. The lowest BCUT2D eigenvalue weighted by molar-refractivity contribution is -0.144. The molecule has 0 saturated heterocycles. The van der Waals surface area contributed by atoms with Crippen LogP contribution in [0.1, 0.15) is 5.56 Å². The summed E-state index contributed by atoms with van der Waals surface area (Å²) < 4.78 is 11.0. The van der Waals surface area contributed by atoms with Crippen molar-refractivity contribution in [3.63, 3.8) is 0 Å². The second kappa shape index (κ2) is 9.70. The molecule has 0 aliphatic rings. The largest absolute Gasteiger partial charge is 0.495 e. The number of para-hydroxylation sites is 2. The molecule has 156 valence electrons. The molecular formula is C19H16N8O4. The van der Waals surface area contributed by atoms with E-state index >= 15 is 0 Å². The molecule has 3 rings (SSSR count). The minimum Gasteiger partial charge on any atom is -0.495 e. The standard InChI is InChI=1S/C19H16N8O4/c1-30-14-7-4-3-6-13(14)24-17(28)15(18(29)31-2)25-26-16-12(10-20)11-23-27(16)19-21-8-5-9-22-19/h3-9,11,15H,1-2H3,(H,24,28). The van der Waals surface area contributed by atoms with E-state index in [1.54, 1.807) is 30.3 Å². The Labute approximate surface area is 176 Å². The first-order valence-corrected chi connectivity index (χ1v) is 8.77. The molecule has 0 radical (unpaired) electrons. The first-order valence-electron chi connectivity index (χ1n) is 8.77. The molecule has 0 saturated carbocycles. The monoisotopic (exact) mass is 420 g/mol. The van der Waals surface area contributed by atoms with Gasteiger partial charge < -0.3 is 14.8 Å². The number of methoxy groups -OCH3 is 2. The summed E-state index contributed by atoms with van der Waals surface area (Å²) in [7, 11) is 2.56. The molecule has 0 bridgehead atoms. The molecule has 0 aliphatic heterocycles. The zero-order valence-electron chi connectivity index (χ0n) is 16.5. The van der Waals surface area contributed by atoms with Crippen LogP contribution < -0.4 is 10.1 Å². The van der Waals surface area contributed by atoms with Crippen molar-refractivity contribution >= 4 is 23.4 Å². The molecule has 1 amide bonds. The van der Waals surface area contributed by atoms with Crippen LogP contribution in [0.15, 0.2) is 59.2 Å². The zero-order valence-corrected chi connectivity index (χ0v) is 16.5. The van der Waals surface area contributed by atoms with Crippen LogP contribution in [0.2, 0.25) is 0 Å². The number of carbonyl (C=O) groups is 2. The topological polar surface area (TPSA) is 157 Å². The van der Waals surface area contributed by atoms with E-state index in [2.05, 4.69) is 35.3 Å². The Balaban J connectivity index is 1.93. The normalized spacial score (nSPS) is 11.5. The summed E-state index contributed by atoms with van der Waals surface area (Å²) >= 11 is 0. The van der Waals surface area contributed by atoms with Crippen LogP contribution >= 0.6 is 0 Å². The molecule has 3 aromatic rings. The highest BCUT2D eigenvalue weighted by molar-refractivity contribution is 6.08. The molecule has 0 spiro atoms. The number of aromatic nitrogens is 4. The predicted molar refractivity (Wildman–Crippen MR) is 106 cm³/mol. The number of esters is 1. The lowest BCUT2D eigenvalue weighted by atomic mass is 10.2. The van der Waals surface area contributed by atoms with Crippen molar-refractivity contribution in [1.29, 1.82) is 5.26 Å². The van der Waals surface area contributed by atoms with Gasteiger partial charge in [-0.1, -0.05) is 12.1 Å². The van der Waals surface area contributed by atoms with Gasteiger partial charge in [-0.2, -0.15) is 20.2 Å². The highest BCUT2D eigenvalue weighted by Gasteiger charge is 2.29. The number of anilines is 1. The van der Waals surface area contributed by atoms with E-state index < -0.39 is 17.9 Å². The van der Waals surface area contributed by atoms with Crippen molar-refractivity contribution < 1.29 is 19.1 Å². The molecule has 1 aromatic carbocycles. The van der Waals surface area contributed by atoms with Crippen LogP contribution in [0.4, 0.5) is 11.5 Å². The zero-order chi connectivity index (χ0) is 22.2. The minimum atomic E-state index is -1.65. The van der Waals surface area contributed by atoms with Crippen LogP contribution in [0.5, 0.6) is 5.75 Å². The van der Waals surface area contributed by atoms with E-state index in [9.17, 15) is 14.9 Å². The number of ether oxygens (including phenoxy) is 2. The van der Waals surface area contributed by atoms with Gasteiger partial charge in [0.2, 0.25) is 6.04 Å². The fourth-order valence-electron chi connectivity index (χ4n) is 2.44. The van der Waals surface area contributed by atoms with E-state index in [0.717, 1.165) is 11.8 Å². The molecule has 2 aromatic heterocycles. The SMILES string of the molecule is COC(=O)C(N=Nc1c(C#N)cnn1-c1ncccn1)C(=O)Nc1ccccc1OC. The number of rotatable bonds is 7. The average Bonchev–Trinajstić information content (AvgIpc) is 3.22. The first-order chi connectivity index (χ1) is 15.1. The highest BCUT2D eigenvalue weighted by Crippen LogP contribution is 2.24. The van der Waals surface area contributed by atoms with Gasteiger partial charge >= 0.3 is 5.97 Å². The summed E-state index contributed by atoms with van der Waals surface area (Å²) in [5.74, 6) is -1.28. The highest BCUT2D eigenvalue weighted by atomic mass is 16.5. The second-order valence-electron chi connectivity index (χ2n) is 5.78. The molecule has 1 atom stereocenters.